The van der Waals surface area contributed by atoms with Crippen LogP contribution in [-0.2, 0) is 0 Å². The summed E-state index contributed by atoms with van der Waals surface area (Å²) in [4.78, 5) is 53.2. The van der Waals surface area contributed by atoms with E-state index in [0.29, 0.717) is 23.0 Å². The largest absolute Gasteiger partial charge is 0.279 e. The molecule has 0 bridgehead atoms. The Morgan fingerprint density at radius 1 is 0.500 bits per heavy atom. The first-order valence-corrected chi connectivity index (χ1v) is 13.2. The van der Waals surface area contributed by atoms with Gasteiger partial charge < -0.3 is 0 Å². The first-order valence-electron chi connectivity index (χ1n) is 13.2. The zero-order valence-corrected chi connectivity index (χ0v) is 22.5. The molecule has 3 heterocycles. The predicted molar refractivity (Wildman–Crippen MR) is 166 cm³/mol. The summed E-state index contributed by atoms with van der Waals surface area (Å²) in [7, 11) is 0. The minimum Gasteiger partial charge on any atom is -0.279 e. The summed E-state index contributed by atoms with van der Waals surface area (Å²) in [5.41, 5.74) is 2.21. The maximum absolute atomic E-state index is 11.4. The van der Waals surface area contributed by atoms with E-state index in [1.165, 1.54) is 29.2 Å². The SMILES string of the molecule is O=[N+]([O-])c1ccc(N(C2=NC3=NC(c4ccccc4)=NC4=NC(c5ccccc5)=NC(=N2)N43)c2ccc([N+](=O)[O-])cc2)cc1. The average molecular weight is 583 g/mol. The molecule has 44 heavy (non-hydrogen) atoms. The maximum Gasteiger partial charge on any atom is 0.269 e. The molecule has 0 N–H and O–H groups in total. The number of nitrogens with zero attached hydrogens (tertiary/aromatic N) is 10. The fourth-order valence-corrected chi connectivity index (χ4v) is 4.64. The molecule has 4 aromatic carbocycles. The van der Waals surface area contributed by atoms with E-state index in [-0.39, 0.29) is 35.2 Å². The molecule has 0 saturated heterocycles. The zero-order valence-electron chi connectivity index (χ0n) is 22.5. The van der Waals surface area contributed by atoms with Crippen LogP contribution in [0, 0.1) is 20.2 Å². The van der Waals surface area contributed by atoms with Crippen molar-refractivity contribution in [1.29, 1.82) is 0 Å². The minimum absolute atomic E-state index is 0.105. The van der Waals surface area contributed by atoms with E-state index < -0.39 is 9.85 Å². The number of nitro benzene ring substituents is 2. The summed E-state index contributed by atoms with van der Waals surface area (Å²) < 4.78 is 0. The van der Waals surface area contributed by atoms with E-state index in [2.05, 4.69) is 0 Å². The number of nitro groups is 2. The lowest BCUT2D eigenvalue weighted by Crippen LogP contribution is -2.49. The summed E-state index contributed by atoms with van der Waals surface area (Å²) >= 11 is 0. The highest BCUT2D eigenvalue weighted by Gasteiger charge is 2.37. The number of non-ortho nitro benzene ring substituents is 2. The predicted octanol–water partition coefficient (Wildman–Crippen LogP) is 5.30. The van der Waals surface area contributed by atoms with Crippen molar-refractivity contribution in [2.45, 2.75) is 0 Å². The van der Waals surface area contributed by atoms with Crippen LogP contribution in [0.1, 0.15) is 11.1 Å². The molecule has 0 atom stereocenters. The molecule has 3 aliphatic heterocycles. The van der Waals surface area contributed by atoms with Gasteiger partial charge in [-0.15, -0.1) is 0 Å². The number of guanidine groups is 4. The van der Waals surface area contributed by atoms with Gasteiger partial charge in [-0.05, 0) is 24.3 Å². The normalized spacial score (nSPS) is 15.0. The van der Waals surface area contributed by atoms with Crippen molar-refractivity contribution in [1.82, 2.24) is 4.90 Å². The average Bonchev–Trinajstić information content (AvgIpc) is 3.06. The molecule has 4 aromatic rings. The molecular weight excluding hydrogens is 564 g/mol. The van der Waals surface area contributed by atoms with Gasteiger partial charge in [0.1, 0.15) is 0 Å². The second kappa shape index (κ2) is 10.6. The van der Waals surface area contributed by atoms with Crippen LogP contribution in [-0.4, -0.2) is 50.3 Å². The van der Waals surface area contributed by atoms with Gasteiger partial charge in [0.25, 0.3) is 11.4 Å². The standard InChI is InChI=1S/C30H18N10O4/c41-39(42)23-15-11-21(12-16-23)37(22-13-17-24(18-14-22)40(43)44)30-35-28-33-25(19-7-3-1-4-8-19)31-27-32-26(20-9-5-2-6-10-20)34-29(36-30)38(27)28/h1-18H. The zero-order chi connectivity index (χ0) is 30.2. The van der Waals surface area contributed by atoms with Crippen molar-refractivity contribution in [3.63, 3.8) is 0 Å². The van der Waals surface area contributed by atoms with E-state index in [1.54, 1.807) is 29.2 Å². The molecule has 14 nitrogen and oxygen atoms in total. The van der Waals surface area contributed by atoms with Gasteiger partial charge >= 0.3 is 0 Å². The summed E-state index contributed by atoms with van der Waals surface area (Å²) in [6.07, 6.45) is 0. The first-order chi connectivity index (χ1) is 21.4. The van der Waals surface area contributed by atoms with Crippen molar-refractivity contribution in [3.05, 3.63) is 141 Å². The molecule has 7 rings (SSSR count). The third-order valence-electron chi connectivity index (χ3n) is 6.73. The molecule has 0 radical (unpaired) electrons. The minimum atomic E-state index is -0.500. The maximum atomic E-state index is 11.4. The van der Waals surface area contributed by atoms with Crippen LogP contribution in [0.5, 0.6) is 0 Å². The number of hydrogen-bond donors (Lipinski definition) is 0. The van der Waals surface area contributed by atoms with Gasteiger partial charge in [-0.25, -0.2) is 4.90 Å². The Labute approximate surface area is 248 Å². The number of benzene rings is 4. The molecule has 212 valence electrons. The molecule has 0 spiro atoms. The topological polar surface area (TPSA) is 167 Å². The van der Waals surface area contributed by atoms with Gasteiger partial charge in [-0.1, -0.05) is 60.7 Å². The van der Waals surface area contributed by atoms with Gasteiger partial charge in [-0.2, -0.15) is 30.0 Å². The Bertz CT molecular complexity index is 1900. The number of hydrogen-bond acceptors (Lipinski definition) is 12. The lowest BCUT2D eigenvalue weighted by atomic mass is 10.2. The summed E-state index contributed by atoms with van der Waals surface area (Å²) in [5.74, 6) is 1.55. The van der Waals surface area contributed by atoms with Gasteiger partial charge in [-0.3, -0.25) is 25.1 Å². The van der Waals surface area contributed by atoms with Gasteiger partial charge in [0.15, 0.2) is 11.7 Å². The fourth-order valence-electron chi connectivity index (χ4n) is 4.64. The molecular formula is C30H18N10O4. The Morgan fingerprint density at radius 3 is 1.34 bits per heavy atom. The Hall–Kier alpha value is -6.70. The van der Waals surface area contributed by atoms with Crippen molar-refractivity contribution in [2.24, 2.45) is 30.0 Å². The van der Waals surface area contributed by atoms with Crippen LogP contribution < -0.4 is 4.90 Å². The lowest BCUT2D eigenvalue weighted by molar-refractivity contribution is -0.385. The molecule has 3 aliphatic rings. The summed E-state index contributed by atoms with van der Waals surface area (Å²) in [6.45, 7) is 0. The van der Waals surface area contributed by atoms with E-state index >= 15 is 0 Å². The number of aliphatic imine (C=N–C) groups is 6. The highest BCUT2D eigenvalue weighted by molar-refractivity contribution is 6.34. The second-order valence-corrected chi connectivity index (χ2v) is 9.47. The van der Waals surface area contributed by atoms with Crippen molar-refractivity contribution >= 4 is 58.3 Å². The van der Waals surface area contributed by atoms with Crippen LogP contribution in [0.4, 0.5) is 22.7 Å². The smallest absolute Gasteiger partial charge is 0.269 e. The molecule has 0 aliphatic carbocycles. The fraction of sp³-hybridized carbons (Fsp3) is 0. The van der Waals surface area contributed by atoms with Crippen molar-refractivity contribution < 1.29 is 9.85 Å². The molecule has 0 unspecified atom stereocenters. The Kier molecular flexibility index (Phi) is 6.32. The Morgan fingerprint density at radius 2 is 0.909 bits per heavy atom. The lowest BCUT2D eigenvalue weighted by Gasteiger charge is -2.33. The first kappa shape index (κ1) is 26.2. The van der Waals surface area contributed by atoms with E-state index in [9.17, 15) is 20.2 Å². The molecule has 0 aromatic heterocycles. The van der Waals surface area contributed by atoms with Gasteiger partial charge in [0.2, 0.25) is 23.8 Å². The third-order valence-corrected chi connectivity index (χ3v) is 6.73. The van der Waals surface area contributed by atoms with Crippen molar-refractivity contribution in [3.8, 4) is 0 Å². The molecule has 14 heteroatoms. The third kappa shape index (κ3) is 4.77. The second-order valence-electron chi connectivity index (χ2n) is 9.47. The monoisotopic (exact) mass is 582 g/mol. The summed E-state index contributed by atoms with van der Waals surface area (Å²) in [5, 5.41) is 22.7. The van der Waals surface area contributed by atoms with Gasteiger partial charge in [0, 0.05) is 46.8 Å². The van der Waals surface area contributed by atoms with Crippen LogP contribution >= 0.6 is 0 Å². The Balaban J connectivity index is 1.42. The highest BCUT2D eigenvalue weighted by Crippen LogP contribution is 2.32. The number of anilines is 2. The molecule has 0 fully saturated rings. The quantitative estimate of drug-likeness (QED) is 0.221. The van der Waals surface area contributed by atoms with Crippen molar-refractivity contribution in [2.75, 3.05) is 4.90 Å². The highest BCUT2D eigenvalue weighted by atomic mass is 16.6. The van der Waals surface area contributed by atoms with Gasteiger partial charge in [0.05, 0.1) is 9.85 Å². The summed E-state index contributed by atoms with van der Waals surface area (Å²) in [6, 6.07) is 30.3. The van der Waals surface area contributed by atoms with Crippen LogP contribution in [0.15, 0.2) is 139 Å². The molecule has 0 saturated carbocycles. The number of amidine groups is 2. The van der Waals surface area contributed by atoms with E-state index in [0.717, 1.165) is 11.1 Å². The van der Waals surface area contributed by atoms with Crippen LogP contribution in [0.3, 0.4) is 0 Å². The molecule has 0 amide bonds. The van der Waals surface area contributed by atoms with E-state index in [1.807, 2.05) is 60.7 Å². The van der Waals surface area contributed by atoms with Crippen LogP contribution in [0.25, 0.3) is 0 Å². The van der Waals surface area contributed by atoms with Crippen LogP contribution in [0.2, 0.25) is 0 Å². The number of rotatable bonds is 6. The van der Waals surface area contributed by atoms with E-state index in [4.69, 9.17) is 30.0 Å².